The van der Waals surface area contributed by atoms with Crippen molar-refractivity contribution in [2.75, 3.05) is 19.6 Å². The van der Waals surface area contributed by atoms with Crippen LogP contribution in [0.4, 0.5) is 13.6 Å². The first-order chi connectivity index (χ1) is 13.9. The van der Waals surface area contributed by atoms with E-state index < -0.39 is 23.3 Å². The number of nitrogens with zero attached hydrogens (tertiary/aromatic N) is 2. The maximum Gasteiger partial charge on any atom is 0.410 e. The summed E-state index contributed by atoms with van der Waals surface area (Å²) in [5.74, 6) is -1.87. The van der Waals surface area contributed by atoms with Crippen LogP contribution in [0.3, 0.4) is 0 Å². The lowest BCUT2D eigenvalue weighted by Crippen LogP contribution is -2.48. The summed E-state index contributed by atoms with van der Waals surface area (Å²) in [6.07, 6.45) is 0.628. The third kappa shape index (κ3) is 3.81. The monoisotopic (exact) mass is 400 g/mol. The van der Waals surface area contributed by atoms with E-state index in [1.807, 2.05) is 31.2 Å². The fourth-order valence-electron chi connectivity index (χ4n) is 4.03. The number of likely N-dealkylation sites (tertiary alicyclic amines) is 1. The van der Waals surface area contributed by atoms with Gasteiger partial charge in [0.1, 0.15) is 5.60 Å². The highest BCUT2D eigenvalue weighted by Crippen LogP contribution is 2.34. The maximum absolute atomic E-state index is 13.4. The van der Waals surface area contributed by atoms with Crippen LogP contribution in [-0.4, -0.2) is 47.0 Å². The normalized spacial score (nSPS) is 18.2. The number of benzene rings is 2. The van der Waals surface area contributed by atoms with Crippen LogP contribution >= 0.6 is 0 Å². The molecule has 5 nitrogen and oxygen atoms in total. The van der Waals surface area contributed by atoms with Gasteiger partial charge in [0.2, 0.25) is 0 Å². The van der Waals surface area contributed by atoms with Crippen molar-refractivity contribution in [3.05, 3.63) is 70.8 Å². The summed E-state index contributed by atoms with van der Waals surface area (Å²) in [5, 5.41) is 0. The van der Waals surface area contributed by atoms with Crippen LogP contribution < -0.4 is 0 Å². The Morgan fingerprint density at radius 1 is 1.10 bits per heavy atom. The fraction of sp³-hybridized carbons (Fsp3) is 0.364. The van der Waals surface area contributed by atoms with Crippen molar-refractivity contribution in [1.82, 2.24) is 9.80 Å². The molecular weight excluding hydrogens is 378 g/mol. The molecule has 0 radical (unpaired) electrons. The molecule has 0 aliphatic carbocycles. The molecule has 2 aliphatic rings. The van der Waals surface area contributed by atoms with Gasteiger partial charge in [0.05, 0.1) is 6.54 Å². The van der Waals surface area contributed by atoms with Crippen LogP contribution in [-0.2, 0) is 11.3 Å². The van der Waals surface area contributed by atoms with E-state index >= 15 is 0 Å². The second-order valence-electron chi connectivity index (χ2n) is 7.76. The van der Waals surface area contributed by atoms with Gasteiger partial charge >= 0.3 is 6.09 Å². The zero-order valence-corrected chi connectivity index (χ0v) is 16.2. The molecule has 0 bridgehead atoms. The number of carbonyl (C=O) groups excluding carboxylic acids is 2. The SMILES string of the molecule is Cc1ccccc1C(=O)N1CCC2(CC1)CN(Cc1ccc(F)c(F)c1)C(=O)O2. The number of halogens is 2. The van der Waals surface area contributed by atoms with Gasteiger partial charge in [0.25, 0.3) is 5.91 Å². The van der Waals surface area contributed by atoms with E-state index in [2.05, 4.69) is 0 Å². The lowest BCUT2D eigenvalue weighted by atomic mass is 9.90. The van der Waals surface area contributed by atoms with Gasteiger partial charge in [0, 0.05) is 38.0 Å². The summed E-state index contributed by atoms with van der Waals surface area (Å²) >= 11 is 0. The number of hydrogen-bond acceptors (Lipinski definition) is 3. The minimum Gasteiger partial charge on any atom is -0.441 e. The van der Waals surface area contributed by atoms with Crippen molar-refractivity contribution in [2.45, 2.75) is 31.9 Å². The molecule has 4 rings (SSSR count). The van der Waals surface area contributed by atoms with Gasteiger partial charge in [-0.3, -0.25) is 9.69 Å². The number of ether oxygens (including phenoxy) is 1. The summed E-state index contributed by atoms with van der Waals surface area (Å²) in [6.45, 7) is 3.44. The molecule has 0 aromatic heterocycles. The molecule has 0 N–H and O–H groups in total. The molecular formula is C22H22F2N2O3. The summed E-state index contributed by atoms with van der Waals surface area (Å²) in [5.41, 5.74) is 1.48. The number of hydrogen-bond donors (Lipinski definition) is 0. The molecule has 0 unspecified atom stereocenters. The predicted molar refractivity (Wildman–Crippen MR) is 102 cm³/mol. The Hall–Kier alpha value is -2.96. The van der Waals surface area contributed by atoms with Crippen molar-refractivity contribution in [1.29, 1.82) is 0 Å². The fourth-order valence-corrected chi connectivity index (χ4v) is 4.03. The predicted octanol–water partition coefficient (Wildman–Crippen LogP) is 3.90. The smallest absolute Gasteiger partial charge is 0.410 e. The molecule has 0 saturated carbocycles. The Labute approximate surface area is 167 Å². The first kappa shape index (κ1) is 19.4. The number of amides is 2. The van der Waals surface area contributed by atoms with Gasteiger partial charge in [-0.2, -0.15) is 0 Å². The minimum atomic E-state index is -0.937. The molecule has 2 amide bonds. The number of carbonyl (C=O) groups is 2. The zero-order valence-electron chi connectivity index (χ0n) is 16.2. The van der Waals surface area contributed by atoms with Crippen LogP contribution in [0.25, 0.3) is 0 Å². The van der Waals surface area contributed by atoms with Gasteiger partial charge in [-0.15, -0.1) is 0 Å². The average Bonchev–Trinajstić information content (AvgIpc) is 3.00. The largest absolute Gasteiger partial charge is 0.441 e. The molecule has 2 aliphatic heterocycles. The van der Waals surface area contributed by atoms with Gasteiger partial charge in [-0.1, -0.05) is 24.3 Å². The molecule has 152 valence electrons. The molecule has 0 atom stereocenters. The Bertz CT molecular complexity index is 955. The van der Waals surface area contributed by atoms with Crippen molar-refractivity contribution in [3.63, 3.8) is 0 Å². The number of rotatable bonds is 3. The van der Waals surface area contributed by atoms with Crippen molar-refractivity contribution in [3.8, 4) is 0 Å². The highest BCUT2D eigenvalue weighted by atomic mass is 19.2. The van der Waals surface area contributed by atoms with Gasteiger partial charge in [-0.05, 0) is 36.2 Å². The number of aryl methyl sites for hydroxylation is 1. The lowest BCUT2D eigenvalue weighted by molar-refractivity contribution is 0.00311. The lowest BCUT2D eigenvalue weighted by Gasteiger charge is -2.37. The first-order valence-electron chi connectivity index (χ1n) is 9.64. The third-order valence-electron chi connectivity index (χ3n) is 5.74. The average molecular weight is 400 g/mol. The topological polar surface area (TPSA) is 49.9 Å². The number of piperidine rings is 1. The molecule has 2 aromatic carbocycles. The summed E-state index contributed by atoms with van der Waals surface area (Å²) in [4.78, 5) is 28.4. The van der Waals surface area contributed by atoms with E-state index in [9.17, 15) is 18.4 Å². The molecule has 2 aromatic rings. The standard InChI is InChI=1S/C22H22F2N2O3/c1-15-4-2-3-5-17(15)20(27)25-10-8-22(9-11-25)14-26(21(28)29-22)13-16-6-7-18(23)19(24)12-16/h2-7,12H,8-11,13-14H2,1H3. The highest BCUT2D eigenvalue weighted by molar-refractivity contribution is 5.95. The second-order valence-corrected chi connectivity index (χ2v) is 7.76. The Balaban J connectivity index is 1.40. The summed E-state index contributed by atoms with van der Waals surface area (Å²) in [6, 6.07) is 11.1. The Morgan fingerprint density at radius 3 is 2.52 bits per heavy atom. The van der Waals surface area contributed by atoms with E-state index in [1.54, 1.807) is 4.90 Å². The van der Waals surface area contributed by atoms with Gasteiger partial charge < -0.3 is 9.64 Å². The zero-order chi connectivity index (χ0) is 20.6. The van der Waals surface area contributed by atoms with E-state index in [-0.39, 0.29) is 12.5 Å². The molecule has 7 heteroatoms. The Kier molecular flexibility index (Phi) is 4.98. The molecule has 1 spiro atoms. The second kappa shape index (κ2) is 7.46. The molecule has 29 heavy (non-hydrogen) atoms. The molecule has 2 heterocycles. The van der Waals surface area contributed by atoms with Crippen molar-refractivity contribution >= 4 is 12.0 Å². The van der Waals surface area contributed by atoms with Gasteiger partial charge in [-0.25, -0.2) is 13.6 Å². The summed E-state index contributed by atoms with van der Waals surface area (Å²) in [7, 11) is 0. The van der Waals surface area contributed by atoms with Crippen molar-refractivity contribution < 1.29 is 23.1 Å². The molecule has 2 fully saturated rings. The van der Waals surface area contributed by atoms with Crippen LogP contribution in [0.15, 0.2) is 42.5 Å². The minimum absolute atomic E-state index is 0.0130. The van der Waals surface area contributed by atoms with E-state index in [0.29, 0.717) is 43.6 Å². The van der Waals surface area contributed by atoms with Crippen LogP contribution in [0.5, 0.6) is 0 Å². The third-order valence-corrected chi connectivity index (χ3v) is 5.74. The van der Waals surface area contributed by atoms with Crippen LogP contribution in [0.1, 0.15) is 34.3 Å². The van der Waals surface area contributed by atoms with Gasteiger partial charge in [0.15, 0.2) is 11.6 Å². The van der Waals surface area contributed by atoms with Crippen LogP contribution in [0.2, 0.25) is 0 Å². The maximum atomic E-state index is 13.4. The first-order valence-corrected chi connectivity index (χ1v) is 9.64. The molecule has 2 saturated heterocycles. The van der Waals surface area contributed by atoms with Crippen LogP contribution in [0, 0.1) is 18.6 Å². The van der Waals surface area contributed by atoms with Crippen molar-refractivity contribution in [2.24, 2.45) is 0 Å². The van der Waals surface area contributed by atoms with E-state index in [0.717, 1.165) is 17.7 Å². The van der Waals surface area contributed by atoms with E-state index in [4.69, 9.17) is 4.74 Å². The highest BCUT2D eigenvalue weighted by Gasteiger charge is 2.47. The van der Waals surface area contributed by atoms with E-state index in [1.165, 1.54) is 11.0 Å². The summed E-state index contributed by atoms with van der Waals surface area (Å²) < 4.78 is 32.2. The Morgan fingerprint density at radius 2 is 1.83 bits per heavy atom. The quantitative estimate of drug-likeness (QED) is 0.785.